The van der Waals surface area contributed by atoms with Gasteiger partial charge in [-0.3, -0.25) is 14.4 Å². The number of amides is 3. The van der Waals surface area contributed by atoms with Crippen LogP contribution < -0.4 is 10.2 Å². The van der Waals surface area contributed by atoms with Crippen LogP contribution in [0.2, 0.25) is 0 Å². The second-order valence-electron chi connectivity index (χ2n) is 12.2. The molecule has 186 valence electrons. The van der Waals surface area contributed by atoms with E-state index in [9.17, 15) is 14.4 Å². The van der Waals surface area contributed by atoms with Gasteiger partial charge in [-0.2, -0.15) is 0 Å². The van der Waals surface area contributed by atoms with Crippen LogP contribution in [0.15, 0.2) is 34.7 Å². The van der Waals surface area contributed by atoms with Crippen LogP contribution in [0.4, 0.5) is 5.69 Å². The first kappa shape index (κ1) is 21.9. The van der Waals surface area contributed by atoms with Gasteiger partial charge in [-0.15, -0.1) is 11.3 Å². The van der Waals surface area contributed by atoms with E-state index in [1.807, 2.05) is 18.2 Å². The number of rotatable bonds is 5. The molecule has 0 spiro atoms. The van der Waals surface area contributed by atoms with Crippen molar-refractivity contribution in [2.24, 2.45) is 41.4 Å². The molecule has 0 radical (unpaired) electrons. The molecule has 1 aromatic carbocycles. The second kappa shape index (κ2) is 7.67. The smallest absolute Gasteiger partial charge is 0.238 e. The lowest BCUT2D eigenvalue weighted by Crippen LogP contribution is -2.60. The number of allylic oxidation sites excluding steroid dienone is 2. The minimum atomic E-state index is -0.191. The summed E-state index contributed by atoms with van der Waals surface area (Å²) in [6, 6.07) is 5.64. The van der Waals surface area contributed by atoms with Crippen molar-refractivity contribution in [3.63, 3.8) is 0 Å². The summed E-state index contributed by atoms with van der Waals surface area (Å²) in [5.74, 6) is 2.84. The van der Waals surface area contributed by atoms with Crippen LogP contribution in [-0.4, -0.2) is 34.0 Å². The number of nitrogens with one attached hydrogen (secondary N) is 1. The van der Waals surface area contributed by atoms with E-state index in [2.05, 4.69) is 17.5 Å². The molecule has 6 aliphatic carbocycles. The lowest BCUT2D eigenvalue weighted by atomic mass is 9.53. The van der Waals surface area contributed by atoms with Crippen LogP contribution in [0.3, 0.4) is 0 Å². The summed E-state index contributed by atoms with van der Waals surface area (Å²) < 4.78 is 1.79. The van der Waals surface area contributed by atoms with Crippen molar-refractivity contribution in [1.82, 2.24) is 10.3 Å². The number of aromatic nitrogens is 1. The van der Waals surface area contributed by atoms with Gasteiger partial charge in [-0.1, -0.05) is 23.9 Å². The molecule has 1 aliphatic heterocycles. The Morgan fingerprint density at radius 2 is 1.64 bits per heavy atom. The third kappa shape index (κ3) is 3.22. The quantitative estimate of drug-likeness (QED) is 0.349. The van der Waals surface area contributed by atoms with Gasteiger partial charge in [0.05, 0.1) is 33.5 Å². The summed E-state index contributed by atoms with van der Waals surface area (Å²) in [6.45, 7) is 0. The van der Waals surface area contributed by atoms with Crippen LogP contribution in [0.25, 0.3) is 10.2 Å². The third-order valence-electron chi connectivity index (χ3n) is 9.85. The number of nitrogens with zero attached hydrogens (tertiary/aromatic N) is 2. The highest BCUT2D eigenvalue weighted by atomic mass is 32.2. The average Bonchev–Trinajstić information content (AvgIpc) is 3.59. The molecule has 6 fully saturated rings. The van der Waals surface area contributed by atoms with E-state index in [-0.39, 0.29) is 46.9 Å². The summed E-state index contributed by atoms with van der Waals surface area (Å²) in [6.07, 6.45) is 12.8. The maximum Gasteiger partial charge on any atom is 0.238 e. The normalized spacial score (nSPS) is 39.6. The Hall–Kier alpha value is -2.19. The zero-order valence-electron chi connectivity index (χ0n) is 20.0. The fourth-order valence-electron chi connectivity index (χ4n) is 8.97. The van der Waals surface area contributed by atoms with Gasteiger partial charge in [-0.05, 0) is 92.7 Å². The van der Waals surface area contributed by atoms with Crippen molar-refractivity contribution < 1.29 is 14.4 Å². The van der Waals surface area contributed by atoms with Gasteiger partial charge in [0, 0.05) is 5.54 Å². The number of hydrogen-bond donors (Lipinski definition) is 1. The van der Waals surface area contributed by atoms with Crippen molar-refractivity contribution in [2.75, 3.05) is 10.7 Å². The van der Waals surface area contributed by atoms with Crippen molar-refractivity contribution in [2.45, 2.75) is 54.8 Å². The van der Waals surface area contributed by atoms with E-state index in [1.165, 1.54) is 47.3 Å². The van der Waals surface area contributed by atoms with E-state index in [4.69, 9.17) is 4.98 Å². The largest absolute Gasteiger partial charge is 0.350 e. The summed E-state index contributed by atoms with van der Waals surface area (Å²) in [7, 11) is 0. The summed E-state index contributed by atoms with van der Waals surface area (Å²) in [4.78, 5) is 45.4. The van der Waals surface area contributed by atoms with E-state index in [0.717, 1.165) is 58.0 Å². The van der Waals surface area contributed by atoms with Gasteiger partial charge in [0.1, 0.15) is 0 Å². The predicted octanol–water partition coefficient (Wildman–Crippen LogP) is 4.78. The molecular formula is C28H29N3O3S2. The minimum Gasteiger partial charge on any atom is -0.350 e. The third-order valence-corrected chi connectivity index (χ3v) is 12.0. The van der Waals surface area contributed by atoms with E-state index < -0.39 is 0 Å². The van der Waals surface area contributed by atoms with Gasteiger partial charge in [-0.25, -0.2) is 9.88 Å². The maximum absolute atomic E-state index is 13.2. The van der Waals surface area contributed by atoms with Gasteiger partial charge in [0.25, 0.3) is 0 Å². The first-order valence-electron chi connectivity index (χ1n) is 13.4. The van der Waals surface area contributed by atoms with Crippen molar-refractivity contribution in [3.05, 3.63) is 30.4 Å². The van der Waals surface area contributed by atoms with Gasteiger partial charge < -0.3 is 5.32 Å². The second-order valence-corrected chi connectivity index (χ2v) is 14.4. The molecular weight excluding hydrogens is 490 g/mol. The van der Waals surface area contributed by atoms with Crippen LogP contribution in [-0.2, 0) is 14.4 Å². The molecule has 36 heavy (non-hydrogen) atoms. The first-order valence-corrected chi connectivity index (χ1v) is 15.2. The van der Waals surface area contributed by atoms with Gasteiger partial charge in [0.15, 0.2) is 4.34 Å². The van der Waals surface area contributed by atoms with Crippen LogP contribution in [0.5, 0.6) is 0 Å². The maximum atomic E-state index is 13.2. The highest BCUT2D eigenvalue weighted by Crippen LogP contribution is 2.56. The minimum absolute atomic E-state index is 0.0387. The Morgan fingerprint density at radius 1 is 1.00 bits per heavy atom. The zero-order valence-corrected chi connectivity index (χ0v) is 21.7. The molecule has 3 amide bonds. The Morgan fingerprint density at radius 3 is 2.28 bits per heavy atom. The summed E-state index contributed by atoms with van der Waals surface area (Å²) >= 11 is 3.01. The Labute approximate surface area is 218 Å². The number of imide groups is 1. The van der Waals surface area contributed by atoms with Crippen LogP contribution in [0.1, 0.15) is 44.9 Å². The number of thioether (sulfide) groups is 1. The standard InChI is InChI=1S/C28H29N3O3S2/c32-22(30-28-10-14-5-15(11-28)7-16(6-14)12-28)13-35-27-29-20-4-3-19(9-21(20)36-27)31-25(33)23-17-1-2-18(8-17)24(23)26(31)34/h1-4,9,14-18,23-24H,5-8,10-13H2,(H,30,32)/t14?,15?,16?,17-,18-,23+,24+,28?/m0/s1. The first-order chi connectivity index (χ1) is 17.4. The predicted molar refractivity (Wildman–Crippen MR) is 140 cm³/mol. The summed E-state index contributed by atoms with van der Waals surface area (Å²) in [5.41, 5.74) is 1.52. The summed E-state index contributed by atoms with van der Waals surface area (Å²) in [5, 5.41) is 3.45. The molecule has 8 heteroatoms. The zero-order chi connectivity index (χ0) is 24.2. The molecule has 1 saturated heterocycles. The van der Waals surface area contributed by atoms with Crippen LogP contribution in [0, 0.1) is 41.4 Å². The molecule has 1 N–H and O–H groups in total. The number of anilines is 1. The van der Waals surface area contributed by atoms with E-state index in [0.29, 0.717) is 11.4 Å². The molecule has 2 heterocycles. The lowest BCUT2D eigenvalue weighted by molar-refractivity contribution is -0.125. The molecule has 7 aliphatic rings. The number of hydrogen-bond acceptors (Lipinski definition) is 6. The number of thiazole rings is 1. The Bertz CT molecular complexity index is 1280. The molecule has 0 unspecified atom stereocenters. The fourth-order valence-corrected chi connectivity index (χ4v) is 10.9. The van der Waals surface area contributed by atoms with Crippen molar-refractivity contribution >= 4 is 56.7 Å². The molecule has 5 saturated carbocycles. The Balaban J connectivity index is 0.961. The highest BCUT2D eigenvalue weighted by molar-refractivity contribution is 8.01. The van der Waals surface area contributed by atoms with Crippen LogP contribution >= 0.6 is 23.1 Å². The molecule has 4 atom stereocenters. The number of carbonyl (C=O) groups excluding carboxylic acids is 3. The molecule has 6 nitrogen and oxygen atoms in total. The Kier molecular flexibility index (Phi) is 4.65. The van der Waals surface area contributed by atoms with Gasteiger partial charge >= 0.3 is 0 Å². The SMILES string of the molecule is O=C(CSc1nc2ccc(N3C(=O)[C@H]4[C@H](C3=O)[C@H]3C=C[C@H]4C3)cc2s1)NC12CC3CC(CC(C3)C1)C2. The van der Waals surface area contributed by atoms with Gasteiger partial charge in [0.2, 0.25) is 17.7 Å². The molecule has 6 bridgehead atoms. The lowest BCUT2D eigenvalue weighted by Gasteiger charge is -2.56. The molecule has 2 aromatic rings. The monoisotopic (exact) mass is 519 g/mol. The fraction of sp³-hybridized carbons (Fsp3) is 0.571. The van der Waals surface area contributed by atoms with E-state index >= 15 is 0 Å². The number of fused-ring (bicyclic) bond motifs is 6. The molecule has 9 rings (SSSR count). The number of carbonyl (C=O) groups is 3. The topological polar surface area (TPSA) is 79.4 Å². The van der Waals surface area contributed by atoms with E-state index in [1.54, 1.807) is 0 Å². The van der Waals surface area contributed by atoms with Crippen molar-refractivity contribution in [1.29, 1.82) is 0 Å². The van der Waals surface area contributed by atoms with Crippen molar-refractivity contribution in [3.8, 4) is 0 Å². The average molecular weight is 520 g/mol. The molecule has 1 aromatic heterocycles. The number of benzene rings is 1. The highest BCUT2D eigenvalue weighted by Gasteiger charge is 2.59.